The molecular weight excluding hydrogens is 432 g/mol. The standard InChI is InChI=1S/C18H18N4O6S2/c1-25-11-6-9(7-12(26-2)14(11)27-3)16-21-22-18(28-16)30-8-13(23)20-17-10(15(19)24)4-5-29-17/h4-7H,8H2,1-3H3,(H2,19,24)(H,20,23). The third-order valence-electron chi connectivity index (χ3n) is 3.83. The molecule has 2 heterocycles. The molecule has 2 aromatic heterocycles. The van der Waals surface area contributed by atoms with Crippen molar-refractivity contribution in [2.75, 3.05) is 32.4 Å². The Balaban J connectivity index is 1.69. The number of aromatic nitrogens is 2. The molecule has 10 nitrogen and oxygen atoms in total. The average molecular weight is 450 g/mol. The summed E-state index contributed by atoms with van der Waals surface area (Å²) in [5, 5.41) is 12.9. The molecular formula is C18H18N4O6S2. The van der Waals surface area contributed by atoms with Crippen molar-refractivity contribution in [1.29, 1.82) is 0 Å². The summed E-state index contributed by atoms with van der Waals surface area (Å²) < 4.78 is 21.6. The van der Waals surface area contributed by atoms with Crippen LogP contribution < -0.4 is 25.3 Å². The van der Waals surface area contributed by atoms with Crippen molar-refractivity contribution >= 4 is 39.9 Å². The van der Waals surface area contributed by atoms with Gasteiger partial charge in [0, 0.05) is 5.56 Å². The fourth-order valence-electron chi connectivity index (χ4n) is 2.48. The number of anilines is 1. The van der Waals surface area contributed by atoms with Crippen LogP contribution in [0.15, 0.2) is 33.2 Å². The number of amides is 2. The Morgan fingerprint density at radius 2 is 1.87 bits per heavy atom. The number of hydrogen-bond acceptors (Lipinski definition) is 10. The second kappa shape index (κ2) is 9.50. The summed E-state index contributed by atoms with van der Waals surface area (Å²) in [6.45, 7) is 0. The van der Waals surface area contributed by atoms with Crippen molar-refractivity contribution in [2.24, 2.45) is 5.73 Å². The maximum absolute atomic E-state index is 12.2. The minimum Gasteiger partial charge on any atom is -0.493 e. The monoisotopic (exact) mass is 450 g/mol. The molecule has 0 saturated carbocycles. The highest BCUT2D eigenvalue weighted by molar-refractivity contribution is 7.99. The number of ether oxygens (including phenoxy) is 3. The predicted octanol–water partition coefficient (Wildman–Crippen LogP) is 2.65. The molecule has 0 aliphatic carbocycles. The highest BCUT2D eigenvalue weighted by Crippen LogP contribution is 2.41. The van der Waals surface area contributed by atoms with Crippen molar-refractivity contribution < 1.29 is 28.2 Å². The van der Waals surface area contributed by atoms with E-state index in [0.29, 0.717) is 27.8 Å². The molecule has 3 aromatic rings. The molecule has 3 N–H and O–H groups in total. The zero-order valence-corrected chi connectivity index (χ0v) is 17.9. The van der Waals surface area contributed by atoms with E-state index in [4.69, 9.17) is 24.4 Å². The molecule has 0 spiro atoms. The SMILES string of the molecule is COc1cc(-c2nnc(SCC(=O)Nc3sccc3C(N)=O)o2)cc(OC)c1OC. The summed E-state index contributed by atoms with van der Waals surface area (Å²) in [6.07, 6.45) is 0. The summed E-state index contributed by atoms with van der Waals surface area (Å²) in [5.41, 5.74) is 6.10. The van der Waals surface area contributed by atoms with Gasteiger partial charge in [-0.1, -0.05) is 11.8 Å². The first-order chi connectivity index (χ1) is 14.5. The van der Waals surface area contributed by atoms with Gasteiger partial charge in [-0.05, 0) is 23.6 Å². The van der Waals surface area contributed by atoms with Gasteiger partial charge in [0.25, 0.3) is 11.1 Å². The van der Waals surface area contributed by atoms with Crippen molar-refractivity contribution in [3.63, 3.8) is 0 Å². The third-order valence-corrected chi connectivity index (χ3v) is 5.48. The lowest BCUT2D eigenvalue weighted by Gasteiger charge is -2.12. The molecule has 0 fully saturated rings. The normalized spacial score (nSPS) is 10.5. The fraction of sp³-hybridized carbons (Fsp3) is 0.222. The zero-order chi connectivity index (χ0) is 21.7. The van der Waals surface area contributed by atoms with E-state index >= 15 is 0 Å². The first-order valence-electron chi connectivity index (χ1n) is 8.40. The van der Waals surface area contributed by atoms with E-state index in [2.05, 4.69) is 15.5 Å². The van der Waals surface area contributed by atoms with Gasteiger partial charge in [0.05, 0.1) is 32.6 Å². The average Bonchev–Trinajstić information content (AvgIpc) is 3.40. The maximum Gasteiger partial charge on any atom is 0.277 e. The maximum atomic E-state index is 12.2. The minimum absolute atomic E-state index is 0.00693. The minimum atomic E-state index is -0.605. The predicted molar refractivity (Wildman–Crippen MR) is 112 cm³/mol. The van der Waals surface area contributed by atoms with Crippen molar-refractivity contribution in [2.45, 2.75) is 5.22 Å². The summed E-state index contributed by atoms with van der Waals surface area (Å²) in [5.74, 6) is 0.626. The molecule has 0 aliphatic rings. The van der Waals surface area contributed by atoms with Gasteiger partial charge < -0.3 is 29.7 Å². The number of primary amides is 1. The Morgan fingerprint density at radius 3 is 2.47 bits per heavy atom. The van der Waals surface area contributed by atoms with E-state index < -0.39 is 5.91 Å². The molecule has 0 radical (unpaired) electrons. The Bertz CT molecular complexity index is 1040. The van der Waals surface area contributed by atoms with Crippen LogP contribution in [0.3, 0.4) is 0 Å². The van der Waals surface area contributed by atoms with Crippen LogP contribution in [0, 0.1) is 0 Å². The number of thiophene rings is 1. The number of benzene rings is 1. The zero-order valence-electron chi connectivity index (χ0n) is 16.3. The van der Waals surface area contributed by atoms with Gasteiger partial charge in [0.2, 0.25) is 17.5 Å². The summed E-state index contributed by atoms with van der Waals surface area (Å²) in [4.78, 5) is 23.5. The molecule has 158 valence electrons. The molecule has 0 saturated heterocycles. The number of nitrogens with one attached hydrogen (secondary N) is 1. The van der Waals surface area contributed by atoms with Crippen LogP contribution >= 0.6 is 23.1 Å². The first kappa shape index (κ1) is 21.5. The second-order valence-electron chi connectivity index (χ2n) is 5.65. The Labute approximate surface area is 179 Å². The van der Waals surface area contributed by atoms with E-state index in [0.717, 1.165) is 11.8 Å². The molecule has 3 rings (SSSR count). The first-order valence-corrected chi connectivity index (χ1v) is 10.3. The number of carbonyl (C=O) groups excluding carboxylic acids is 2. The number of hydrogen-bond donors (Lipinski definition) is 2. The van der Waals surface area contributed by atoms with Crippen LogP contribution in [0.25, 0.3) is 11.5 Å². The molecule has 0 bridgehead atoms. The quantitative estimate of drug-likeness (QED) is 0.471. The molecule has 12 heteroatoms. The Hall–Kier alpha value is -3.25. The summed E-state index contributed by atoms with van der Waals surface area (Å²) in [6, 6.07) is 4.91. The lowest BCUT2D eigenvalue weighted by Crippen LogP contribution is -2.17. The molecule has 30 heavy (non-hydrogen) atoms. The fourth-order valence-corrected chi connectivity index (χ4v) is 3.85. The van der Waals surface area contributed by atoms with Crippen LogP contribution in [0.4, 0.5) is 5.00 Å². The van der Waals surface area contributed by atoms with E-state index in [1.54, 1.807) is 23.6 Å². The van der Waals surface area contributed by atoms with E-state index in [-0.39, 0.29) is 28.3 Å². The van der Waals surface area contributed by atoms with Gasteiger partial charge in [-0.3, -0.25) is 9.59 Å². The number of nitrogens with zero attached hydrogens (tertiary/aromatic N) is 2. The number of nitrogens with two attached hydrogens (primary N) is 1. The van der Waals surface area contributed by atoms with Crippen molar-refractivity contribution in [1.82, 2.24) is 10.2 Å². The van der Waals surface area contributed by atoms with Crippen molar-refractivity contribution in [3.05, 3.63) is 29.1 Å². The molecule has 1 aromatic carbocycles. The van der Waals surface area contributed by atoms with E-state index in [1.807, 2.05) is 0 Å². The molecule has 0 unspecified atom stereocenters. The number of methoxy groups -OCH3 is 3. The Kier molecular flexibility index (Phi) is 6.79. The highest BCUT2D eigenvalue weighted by Gasteiger charge is 2.18. The molecule has 0 aliphatic heterocycles. The summed E-state index contributed by atoms with van der Waals surface area (Å²) >= 11 is 2.27. The van der Waals surface area contributed by atoms with Gasteiger partial charge >= 0.3 is 0 Å². The van der Waals surface area contributed by atoms with Gasteiger partial charge in [-0.25, -0.2) is 0 Å². The van der Waals surface area contributed by atoms with Gasteiger partial charge in [0.15, 0.2) is 11.5 Å². The summed E-state index contributed by atoms with van der Waals surface area (Å²) in [7, 11) is 4.52. The lowest BCUT2D eigenvalue weighted by atomic mass is 10.2. The van der Waals surface area contributed by atoms with E-state index in [9.17, 15) is 9.59 Å². The lowest BCUT2D eigenvalue weighted by molar-refractivity contribution is -0.113. The number of carbonyl (C=O) groups is 2. The topological polar surface area (TPSA) is 139 Å². The second-order valence-corrected chi connectivity index (χ2v) is 7.49. The van der Waals surface area contributed by atoms with Crippen molar-refractivity contribution in [3.8, 4) is 28.7 Å². The van der Waals surface area contributed by atoms with Crippen LogP contribution in [0.2, 0.25) is 0 Å². The van der Waals surface area contributed by atoms with Crippen LogP contribution in [0.5, 0.6) is 17.2 Å². The van der Waals surface area contributed by atoms with Gasteiger partial charge in [0.1, 0.15) is 5.00 Å². The molecule has 2 amide bonds. The van der Waals surface area contributed by atoms with Gasteiger partial charge in [-0.2, -0.15) is 0 Å². The van der Waals surface area contributed by atoms with Gasteiger partial charge in [-0.15, -0.1) is 21.5 Å². The van der Waals surface area contributed by atoms with Crippen LogP contribution in [-0.4, -0.2) is 49.1 Å². The van der Waals surface area contributed by atoms with Crippen LogP contribution in [0.1, 0.15) is 10.4 Å². The Morgan fingerprint density at radius 1 is 1.17 bits per heavy atom. The third kappa shape index (κ3) is 4.66. The smallest absolute Gasteiger partial charge is 0.277 e. The number of thioether (sulfide) groups is 1. The van der Waals surface area contributed by atoms with Crippen LogP contribution in [-0.2, 0) is 4.79 Å². The largest absolute Gasteiger partial charge is 0.493 e. The highest BCUT2D eigenvalue weighted by atomic mass is 32.2. The van der Waals surface area contributed by atoms with E-state index in [1.165, 1.54) is 32.7 Å². The number of rotatable bonds is 9. The molecule has 0 atom stereocenters.